The SMILES string of the molecule is CN1CCN(C(=O)c2ccncc2Cl)CC1c1ncc[nH]1. The van der Waals surface area contributed by atoms with Crippen molar-refractivity contribution in [2.45, 2.75) is 6.04 Å². The molecule has 0 bridgehead atoms. The van der Waals surface area contributed by atoms with Gasteiger partial charge >= 0.3 is 0 Å². The molecule has 1 N–H and O–H groups in total. The number of carbonyl (C=O) groups is 1. The molecule has 1 unspecified atom stereocenters. The van der Waals surface area contributed by atoms with Crippen molar-refractivity contribution in [1.82, 2.24) is 24.8 Å². The third kappa shape index (κ3) is 2.77. The van der Waals surface area contributed by atoms with Gasteiger partial charge in [-0.05, 0) is 13.1 Å². The molecule has 1 atom stereocenters. The lowest BCUT2D eigenvalue weighted by Crippen LogP contribution is -2.49. The van der Waals surface area contributed by atoms with Crippen LogP contribution in [-0.4, -0.2) is 57.3 Å². The quantitative estimate of drug-likeness (QED) is 0.915. The number of H-pyrrole nitrogens is 1. The summed E-state index contributed by atoms with van der Waals surface area (Å²) in [6, 6.07) is 1.73. The molecule has 6 nitrogen and oxygen atoms in total. The highest BCUT2D eigenvalue weighted by atomic mass is 35.5. The first-order valence-electron chi connectivity index (χ1n) is 6.75. The summed E-state index contributed by atoms with van der Waals surface area (Å²) >= 11 is 6.06. The van der Waals surface area contributed by atoms with Gasteiger partial charge in [0, 0.05) is 44.4 Å². The zero-order valence-corrected chi connectivity index (χ0v) is 12.4. The van der Waals surface area contributed by atoms with Gasteiger partial charge in [0.05, 0.1) is 16.6 Å². The van der Waals surface area contributed by atoms with Crippen molar-refractivity contribution in [3.63, 3.8) is 0 Å². The average molecular weight is 306 g/mol. The highest BCUT2D eigenvalue weighted by Gasteiger charge is 2.30. The Hall–Kier alpha value is -1.92. The van der Waals surface area contributed by atoms with Gasteiger partial charge in [-0.3, -0.25) is 14.7 Å². The lowest BCUT2D eigenvalue weighted by molar-refractivity contribution is 0.0534. The van der Waals surface area contributed by atoms with E-state index >= 15 is 0 Å². The third-order valence-corrected chi connectivity index (χ3v) is 4.07. The molecule has 0 spiro atoms. The third-order valence-electron chi connectivity index (χ3n) is 3.77. The van der Waals surface area contributed by atoms with E-state index in [2.05, 4.69) is 19.9 Å². The van der Waals surface area contributed by atoms with E-state index in [0.29, 0.717) is 23.7 Å². The van der Waals surface area contributed by atoms with E-state index in [1.165, 1.54) is 6.20 Å². The number of nitrogens with one attached hydrogen (secondary N) is 1. The number of imidazole rings is 1. The number of hydrogen-bond acceptors (Lipinski definition) is 4. The Kier molecular flexibility index (Phi) is 3.90. The Labute approximate surface area is 127 Å². The van der Waals surface area contributed by atoms with Gasteiger partial charge in [0.15, 0.2) is 0 Å². The number of amides is 1. The minimum absolute atomic E-state index is 0.0629. The minimum Gasteiger partial charge on any atom is -0.347 e. The standard InChI is InChI=1S/C14H16ClN5O/c1-19-6-7-20(9-12(19)13-17-4-5-18-13)14(21)10-2-3-16-8-11(10)15/h2-5,8,12H,6-7,9H2,1H3,(H,17,18). The molecule has 1 saturated heterocycles. The van der Waals surface area contributed by atoms with Crippen LogP contribution in [-0.2, 0) is 0 Å². The van der Waals surface area contributed by atoms with E-state index in [4.69, 9.17) is 11.6 Å². The van der Waals surface area contributed by atoms with Crippen molar-refractivity contribution in [2.24, 2.45) is 0 Å². The molecule has 1 aliphatic rings. The summed E-state index contributed by atoms with van der Waals surface area (Å²) in [6.45, 7) is 2.05. The molecule has 0 aromatic carbocycles. The molecule has 1 fully saturated rings. The number of nitrogens with zero attached hydrogens (tertiary/aromatic N) is 4. The van der Waals surface area contributed by atoms with E-state index in [-0.39, 0.29) is 11.9 Å². The van der Waals surface area contributed by atoms with Crippen LogP contribution < -0.4 is 0 Å². The summed E-state index contributed by atoms with van der Waals surface area (Å²) in [7, 11) is 2.04. The molecule has 1 amide bonds. The Balaban J connectivity index is 1.80. The maximum absolute atomic E-state index is 12.6. The molecular formula is C14H16ClN5O. The van der Waals surface area contributed by atoms with Gasteiger partial charge in [0.1, 0.15) is 5.82 Å². The summed E-state index contributed by atoms with van der Waals surface area (Å²) in [5.74, 6) is 0.808. The first-order valence-corrected chi connectivity index (χ1v) is 7.13. The monoisotopic (exact) mass is 305 g/mol. The van der Waals surface area contributed by atoms with Crippen molar-refractivity contribution in [3.05, 3.63) is 47.3 Å². The zero-order valence-electron chi connectivity index (χ0n) is 11.7. The van der Waals surface area contributed by atoms with Gasteiger partial charge < -0.3 is 9.88 Å². The van der Waals surface area contributed by atoms with Gasteiger partial charge in [-0.15, -0.1) is 0 Å². The summed E-state index contributed by atoms with van der Waals surface area (Å²) in [5.41, 5.74) is 0.495. The second-order valence-electron chi connectivity index (χ2n) is 5.08. The molecule has 3 heterocycles. The lowest BCUT2D eigenvalue weighted by atomic mass is 10.1. The maximum Gasteiger partial charge on any atom is 0.255 e. The van der Waals surface area contributed by atoms with Gasteiger partial charge in [0.2, 0.25) is 0 Å². The van der Waals surface area contributed by atoms with Crippen molar-refractivity contribution < 1.29 is 4.79 Å². The van der Waals surface area contributed by atoms with Gasteiger partial charge in [0.25, 0.3) is 5.91 Å². The number of halogens is 1. The largest absolute Gasteiger partial charge is 0.347 e. The Morgan fingerprint density at radius 1 is 1.43 bits per heavy atom. The Bertz CT molecular complexity index is 630. The van der Waals surface area contributed by atoms with E-state index in [9.17, 15) is 4.79 Å². The van der Waals surface area contributed by atoms with E-state index in [0.717, 1.165) is 12.4 Å². The number of hydrogen-bond donors (Lipinski definition) is 1. The van der Waals surface area contributed by atoms with Crippen LogP contribution >= 0.6 is 11.6 Å². The second-order valence-corrected chi connectivity index (χ2v) is 5.48. The smallest absolute Gasteiger partial charge is 0.255 e. The normalized spacial score (nSPS) is 19.7. The van der Waals surface area contributed by atoms with Crippen LogP contribution in [0.1, 0.15) is 22.2 Å². The van der Waals surface area contributed by atoms with Crippen LogP contribution in [0, 0.1) is 0 Å². The molecule has 3 rings (SSSR count). The fourth-order valence-electron chi connectivity index (χ4n) is 2.53. The summed E-state index contributed by atoms with van der Waals surface area (Å²) < 4.78 is 0. The number of piperazine rings is 1. The molecule has 0 aliphatic carbocycles. The topological polar surface area (TPSA) is 65.1 Å². The molecule has 21 heavy (non-hydrogen) atoms. The zero-order chi connectivity index (χ0) is 14.8. The maximum atomic E-state index is 12.6. The van der Waals surface area contributed by atoms with Crippen LogP contribution in [0.4, 0.5) is 0 Å². The number of rotatable bonds is 2. The summed E-state index contributed by atoms with van der Waals surface area (Å²) in [5, 5.41) is 0.385. The first kappa shape index (κ1) is 14.0. The van der Waals surface area contributed by atoms with Crippen LogP contribution in [0.5, 0.6) is 0 Å². The predicted molar refractivity (Wildman–Crippen MR) is 79.1 cm³/mol. The second kappa shape index (κ2) is 5.83. The Morgan fingerprint density at radius 3 is 3.00 bits per heavy atom. The van der Waals surface area contributed by atoms with Crippen molar-refractivity contribution >= 4 is 17.5 Å². The Morgan fingerprint density at radius 2 is 2.29 bits per heavy atom. The molecule has 2 aromatic rings. The molecule has 1 aliphatic heterocycles. The molecule has 7 heteroatoms. The van der Waals surface area contributed by atoms with E-state index in [1.54, 1.807) is 24.7 Å². The van der Waals surface area contributed by atoms with Gasteiger partial charge in [-0.1, -0.05) is 11.6 Å². The predicted octanol–water partition coefficient (Wildman–Crippen LogP) is 1.59. The summed E-state index contributed by atoms with van der Waals surface area (Å²) in [4.78, 5) is 28.0. The van der Waals surface area contributed by atoms with Crippen LogP contribution in [0.3, 0.4) is 0 Å². The molecular weight excluding hydrogens is 290 g/mol. The number of likely N-dealkylation sites (N-methyl/N-ethyl adjacent to an activating group) is 1. The molecule has 110 valence electrons. The fourth-order valence-corrected chi connectivity index (χ4v) is 2.73. The number of aromatic nitrogens is 3. The molecule has 0 saturated carbocycles. The average Bonchev–Trinajstić information content (AvgIpc) is 3.01. The highest BCUT2D eigenvalue weighted by Crippen LogP contribution is 2.24. The van der Waals surface area contributed by atoms with Crippen LogP contribution in [0.15, 0.2) is 30.9 Å². The van der Waals surface area contributed by atoms with Crippen molar-refractivity contribution in [2.75, 3.05) is 26.7 Å². The highest BCUT2D eigenvalue weighted by molar-refractivity contribution is 6.33. The van der Waals surface area contributed by atoms with E-state index < -0.39 is 0 Å². The van der Waals surface area contributed by atoms with Crippen LogP contribution in [0.2, 0.25) is 5.02 Å². The van der Waals surface area contributed by atoms with Crippen molar-refractivity contribution in [1.29, 1.82) is 0 Å². The molecule has 0 radical (unpaired) electrons. The minimum atomic E-state index is -0.0629. The molecule has 2 aromatic heterocycles. The number of pyridine rings is 1. The number of carbonyl (C=O) groups excluding carboxylic acids is 1. The lowest BCUT2D eigenvalue weighted by Gasteiger charge is -2.38. The van der Waals surface area contributed by atoms with Crippen molar-refractivity contribution in [3.8, 4) is 0 Å². The number of aromatic amines is 1. The van der Waals surface area contributed by atoms with E-state index in [1.807, 2.05) is 11.9 Å². The van der Waals surface area contributed by atoms with Gasteiger partial charge in [-0.2, -0.15) is 0 Å². The van der Waals surface area contributed by atoms with Crippen LogP contribution in [0.25, 0.3) is 0 Å². The summed E-state index contributed by atoms with van der Waals surface area (Å²) in [6.07, 6.45) is 6.60. The fraction of sp³-hybridized carbons (Fsp3) is 0.357. The van der Waals surface area contributed by atoms with Gasteiger partial charge in [-0.25, -0.2) is 4.98 Å². The first-order chi connectivity index (χ1) is 10.2.